The fraction of sp³-hybridized carbons (Fsp3) is 0. The van der Waals surface area contributed by atoms with E-state index in [2.05, 4.69) is 9.97 Å². The van der Waals surface area contributed by atoms with Crippen molar-refractivity contribution in [1.82, 2.24) is 9.97 Å². The third-order valence-corrected chi connectivity index (χ3v) is 2.08. The average Bonchev–Trinajstić information content (AvgIpc) is 2.55. The first-order valence-electron chi connectivity index (χ1n) is 3.50. The number of hydrogen-bond donors (Lipinski definition) is 1. The molecule has 0 saturated carbocycles. The van der Waals surface area contributed by atoms with Gasteiger partial charge in [-0.1, -0.05) is 11.6 Å². The molecule has 13 heavy (non-hydrogen) atoms. The van der Waals surface area contributed by atoms with Crippen molar-refractivity contribution in [2.24, 2.45) is 0 Å². The molecule has 2 rings (SSSR count). The second kappa shape index (κ2) is 2.81. The Morgan fingerprint density at radius 1 is 1.62 bits per heavy atom. The summed E-state index contributed by atoms with van der Waals surface area (Å²) in [5.41, 5.74) is 0.739. The van der Waals surface area contributed by atoms with Crippen LogP contribution in [0.5, 0.6) is 0 Å². The van der Waals surface area contributed by atoms with Crippen LogP contribution in [0, 0.1) is 5.82 Å². The van der Waals surface area contributed by atoms with Crippen LogP contribution in [-0.2, 0) is 0 Å². The number of H-pyrrole nitrogens is 1. The van der Waals surface area contributed by atoms with Crippen molar-refractivity contribution in [3.63, 3.8) is 0 Å². The molecule has 0 saturated heterocycles. The minimum Gasteiger partial charge on any atom is -0.337 e. The molecule has 0 amide bonds. The minimum atomic E-state index is -0.592. The van der Waals surface area contributed by atoms with Gasteiger partial charge in [-0.05, 0) is 6.07 Å². The Balaban J connectivity index is 2.83. The number of aromatic amines is 1. The van der Waals surface area contributed by atoms with E-state index in [1.54, 1.807) is 0 Å². The highest BCUT2D eigenvalue weighted by molar-refractivity contribution is 6.35. The summed E-state index contributed by atoms with van der Waals surface area (Å²) in [5.74, 6) is -0.592. The molecule has 0 aromatic carbocycles. The lowest BCUT2D eigenvalue weighted by atomic mass is 10.3. The molecule has 2 aromatic rings. The number of carbonyl (C=O) groups excluding carboxylic acids is 1. The lowest BCUT2D eigenvalue weighted by molar-refractivity contribution is 0.112. The van der Waals surface area contributed by atoms with E-state index in [1.165, 1.54) is 6.07 Å². The Kier molecular flexibility index (Phi) is 1.77. The molecule has 2 heterocycles. The zero-order valence-electron chi connectivity index (χ0n) is 6.34. The zero-order chi connectivity index (χ0) is 9.42. The van der Waals surface area contributed by atoms with E-state index in [4.69, 9.17) is 11.6 Å². The standard InChI is InChI=1S/C8H4ClFN2O/c9-7-5-1-4(3-13)12-8(5)11-2-6(7)10/h1-3H,(H,11,12). The zero-order valence-corrected chi connectivity index (χ0v) is 7.10. The van der Waals surface area contributed by atoms with Crippen molar-refractivity contribution >= 4 is 28.9 Å². The van der Waals surface area contributed by atoms with Gasteiger partial charge in [-0.25, -0.2) is 9.37 Å². The summed E-state index contributed by atoms with van der Waals surface area (Å²) in [7, 11) is 0. The molecule has 0 bridgehead atoms. The number of hydrogen-bond acceptors (Lipinski definition) is 2. The van der Waals surface area contributed by atoms with E-state index < -0.39 is 5.82 Å². The lowest BCUT2D eigenvalue weighted by Crippen LogP contribution is -1.82. The number of fused-ring (bicyclic) bond motifs is 1. The predicted molar refractivity (Wildman–Crippen MR) is 46.4 cm³/mol. The number of rotatable bonds is 1. The second-order valence-corrected chi connectivity index (χ2v) is 2.90. The first kappa shape index (κ1) is 8.19. The van der Waals surface area contributed by atoms with Crippen LogP contribution in [-0.4, -0.2) is 16.3 Å². The van der Waals surface area contributed by atoms with Crippen LogP contribution in [0.2, 0.25) is 5.02 Å². The molecule has 0 aliphatic heterocycles. The number of aromatic nitrogens is 2. The summed E-state index contributed by atoms with van der Waals surface area (Å²) >= 11 is 5.65. The van der Waals surface area contributed by atoms with Crippen molar-refractivity contribution in [1.29, 1.82) is 0 Å². The van der Waals surface area contributed by atoms with E-state index in [0.29, 0.717) is 23.0 Å². The molecule has 0 aliphatic rings. The summed E-state index contributed by atoms with van der Waals surface area (Å²) in [5, 5.41) is 0.401. The molecule has 1 N–H and O–H groups in total. The molecule has 0 radical (unpaired) electrons. The van der Waals surface area contributed by atoms with Crippen LogP contribution in [0.1, 0.15) is 10.5 Å². The average molecular weight is 199 g/mol. The van der Waals surface area contributed by atoms with Crippen LogP contribution in [0.15, 0.2) is 12.3 Å². The van der Waals surface area contributed by atoms with Crippen LogP contribution in [0.25, 0.3) is 11.0 Å². The summed E-state index contributed by atoms with van der Waals surface area (Å²) < 4.78 is 12.9. The van der Waals surface area contributed by atoms with E-state index in [1.807, 2.05) is 0 Å². The fourth-order valence-electron chi connectivity index (χ4n) is 1.10. The summed E-state index contributed by atoms with van der Waals surface area (Å²) in [6.07, 6.45) is 1.63. The molecule has 0 aliphatic carbocycles. The highest BCUT2D eigenvalue weighted by Gasteiger charge is 2.08. The van der Waals surface area contributed by atoms with Crippen LogP contribution >= 0.6 is 11.6 Å². The molecule has 66 valence electrons. The Morgan fingerprint density at radius 3 is 3.08 bits per heavy atom. The normalized spacial score (nSPS) is 10.6. The van der Waals surface area contributed by atoms with Gasteiger partial charge in [-0.2, -0.15) is 0 Å². The first-order chi connectivity index (χ1) is 6.22. The first-order valence-corrected chi connectivity index (χ1v) is 3.88. The molecule has 5 heteroatoms. The van der Waals surface area contributed by atoms with Crippen molar-refractivity contribution < 1.29 is 9.18 Å². The summed E-state index contributed by atoms with van der Waals surface area (Å²) in [4.78, 5) is 16.8. The number of halogens is 2. The van der Waals surface area contributed by atoms with Gasteiger partial charge in [0.1, 0.15) is 5.65 Å². The Labute approximate surface area is 77.5 Å². The van der Waals surface area contributed by atoms with Crippen molar-refractivity contribution in [2.75, 3.05) is 0 Å². The maximum absolute atomic E-state index is 12.9. The molecule has 0 fully saturated rings. The number of nitrogens with zero attached hydrogens (tertiary/aromatic N) is 1. The third-order valence-electron chi connectivity index (χ3n) is 1.70. The van der Waals surface area contributed by atoms with Gasteiger partial charge in [0.15, 0.2) is 12.1 Å². The Hall–Kier alpha value is -1.42. The van der Waals surface area contributed by atoms with Gasteiger partial charge in [0.05, 0.1) is 16.9 Å². The minimum absolute atomic E-state index is 0.0191. The number of nitrogens with one attached hydrogen (secondary N) is 1. The van der Waals surface area contributed by atoms with Crippen LogP contribution in [0.4, 0.5) is 4.39 Å². The van der Waals surface area contributed by atoms with Gasteiger partial charge < -0.3 is 4.98 Å². The molecule has 2 aromatic heterocycles. The lowest BCUT2D eigenvalue weighted by Gasteiger charge is -1.93. The number of carbonyl (C=O) groups is 1. The second-order valence-electron chi connectivity index (χ2n) is 2.52. The smallest absolute Gasteiger partial charge is 0.166 e. The van der Waals surface area contributed by atoms with Gasteiger partial charge in [0, 0.05) is 5.39 Å². The Morgan fingerprint density at radius 2 is 2.38 bits per heavy atom. The van der Waals surface area contributed by atoms with Gasteiger partial charge in [-0.15, -0.1) is 0 Å². The quantitative estimate of drug-likeness (QED) is 0.714. The van der Waals surface area contributed by atoms with E-state index >= 15 is 0 Å². The van der Waals surface area contributed by atoms with Gasteiger partial charge in [-0.3, -0.25) is 4.79 Å². The third kappa shape index (κ3) is 1.19. The fourth-order valence-corrected chi connectivity index (χ4v) is 1.30. The van der Waals surface area contributed by atoms with E-state index in [-0.39, 0.29) is 5.02 Å². The Bertz CT molecular complexity index is 480. The highest BCUT2D eigenvalue weighted by Crippen LogP contribution is 2.24. The SMILES string of the molecule is O=Cc1cc2c(Cl)c(F)cnc2[nH]1. The number of pyridine rings is 1. The van der Waals surface area contributed by atoms with Crippen molar-refractivity contribution in [2.45, 2.75) is 0 Å². The highest BCUT2D eigenvalue weighted by atomic mass is 35.5. The van der Waals surface area contributed by atoms with E-state index in [9.17, 15) is 9.18 Å². The molecule has 0 unspecified atom stereocenters. The molecule has 3 nitrogen and oxygen atoms in total. The molecular weight excluding hydrogens is 195 g/mol. The molecule has 0 spiro atoms. The van der Waals surface area contributed by atoms with Crippen molar-refractivity contribution in [3.05, 3.63) is 28.8 Å². The summed E-state index contributed by atoms with van der Waals surface area (Å²) in [6, 6.07) is 1.46. The predicted octanol–water partition coefficient (Wildman–Crippen LogP) is 2.17. The van der Waals surface area contributed by atoms with E-state index in [0.717, 1.165) is 6.20 Å². The van der Waals surface area contributed by atoms with Crippen molar-refractivity contribution in [3.8, 4) is 0 Å². The van der Waals surface area contributed by atoms with Crippen LogP contribution < -0.4 is 0 Å². The van der Waals surface area contributed by atoms with Gasteiger partial charge >= 0.3 is 0 Å². The summed E-state index contributed by atoms with van der Waals surface area (Å²) in [6.45, 7) is 0. The largest absolute Gasteiger partial charge is 0.337 e. The maximum Gasteiger partial charge on any atom is 0.166 e. The maximum atomic E-state index is 12.9. The van der Waals surface area contributed by atoms with Gasteiger partial charge in [0.2, 0.25) is 0 Å². The monoisotopic (exact) mass is 198 g/mol. The topological polar surface area (TPSA) is 45.8 Å². The number of aldehydes is 1. The van der Waals surface area contributed by atoms with Crippen LogP contribution in [0.3, 0.4) is 0 Å². The molecule has 0 atom stereocenters. The van der Waals surface area contributed by atoms with Gasteiger partial charge in [0.25, 0.3) is 0 Å². The molecular formula is C8H4ClFN2O.